The highest BCUT2D eigenvalue weighted by Gasteiger charge is 2.67. The van der Waals surface area contributed by atoms with Crippen LogP contribution in [0.3, 0.4) is 0 Å². The van der Waals surface area contributed by atoms with Gasteiger partial charge in [-0.15, -0.1) is 5.10 Å². The second kappa shape index (κ2) is 11.0. The van der Waals surface area contributed by atoms with Crippen LogP contribution in [0.5, 0.6) is 0 Å². The van der Waals surface area contributed by atoms with E-state index in [-0.39, 0.29) is 18.4 Å². The SMILES string of the molecule is C[C@@H]1[C@@H]([Si](C)(C)F)[C@H](CCn2cc(CCO)nn2)O[C@@]12C(=O)N(c1ccccc1)c1ccc(N3CCCCC3=O)cc12. The van der Waals surface area contributed by atoms with E-state index in [1.807, 2.05) is 55.5 Å². The van der Waals surface area contributed by atoms with Gasteiger partial charge in [0.15, 0.2) is 5.60 Å². The van der Waals surface area contributed by atoms with Crippen LogP contribution < -0.4 is 9.80 Å². The number of aliphatic hydroxyl groups is 1. The molecule has 0 unspecified atom stereocenters. The van der Waals surface area contributed by atoms with Gasteiger partial charge in [0.1, 0.15) is 0 Å². The molecule has 3 aromatic rings. The van der Waals surface area contributed by atoms with Gasteiger partial charge in [-0.2, -0.15) is 0 Å². The van der Waals surface area contributed by atoms with E-state index in [1.54, 1.807) is 33.8 Å². The summed E-state index contributed by atoms with van der Waals surface area (Å²) in [5.41, 5.74) is 1.69. The number of amides is 2. The lowest BCUT2D eigenvalue weighted by Gasteiger charge is -2.32. The van der Waals surface area contributed by atoms with Crippen LogP contribution in [0.2, 0.25) is 18.6 Å². The van der Waals surface area contributed by atoms with Crippen LogP contribution in [-0.4, -0.2) is 59.6 Å². The molecular weight excluding hydrogens is 553 g/mol. The molecule has 9 nitrogen and oxygen atoms in total. The third-order valence-corrected chi connectivity index (χ3v) is 11.6. The van der Waals surface area contributed by atoms with Crippen molar-refractivity contribution in [1.82, 2.24) is 15.0 Å². The molecule has 42 heavy (non-hydrogen) atoms. The second-order valence-electron chi connectivity index (χ2n) is 12.2. The molecule has 0 saturated carbocycles. The molecule has 0 aliphatic carbocycles. The topological polar surface area (TPSA) is 101 Å². The number of rotatable bonds is 8. The largest absolute Gasteiger partial charge is 0.396 e. The first-order chi connectivity index (χ1) is 20.1. The summed E-state index contributed by atoms with van der Waals surface area (Å²) in [5, 5.41) is 17.5. The molecule has 2 fully saturated rings. The van der Waals surface area contributed by atoms with E-state index in [2.05, 4.69) is 10.3 Å². The zero-order valence-electron chi connectivity index (χ0n) is 24.4. The van der Waals surface area contributed by atoms with Gasteiger partial charge in [-0.05, 0) is 62.7 Å². The number of hydrogen-bond donors (Lipinski definition) is 1. The van der Waals surface area contributed by atoms with Crippen molar-refractivity contribution in [3.05, 3.63) is 66.0 Å². The molecule has 2 saturated heterocycles. The number of aromatic nitrogens is 3. The van der Waals surface area contributed by atoms with Crippen molar-refractivity contribution >= 4 is 37.3 Å². The minimum Gasteiger partial charge on any atom is -0.396 e. The normalized spacial score (nSPS) is 26.0. The van der Waals surface area contributed by atoms with Crippen LogP contribution in [0.1, 0.15) is 43.9 Å². The van der Waals surface area contributed by atoms with Crippen molar-refractivity contribution in [1.29, 1.82) is 0 Å². The highest BCUT2D eigenvalue weighted by Crippen LogP contribution is 2.61. The molecule has 1 spiro atoms. The number of piperidine rings is 1. The van der Waals surface area contributed by atoms with Crippen molar-refractivity contribution in [2.24, 2.45) is 5.92 Å². The van der Waals surface area contributed by atoms with E-state index in [1.165, 1.54) is 0 Å². The first-order valence-corrected chi connectivity index (χ1v) is 17.8. The van der Waals surface area contributed by atoms with Crippen molar-refractivity contribution in [2.45, 2.75) is 75.9 Å². The zero-order chi connectivity index (χ0) is 29.6. The summed E-state index contributed by atoms with van der Waals surface area (Å²) < 4.78 is 24.8. The molecule has 222 valence electrons. The summed E-state index contributed by atoms with van der Waals surface area (Å²) in [5.74, 6) is -0.599. The van der Waals surface area contributed by atoms with Crippen LogP contribution in [-0.2, 0) is 32.9 Å². The number of hydrogen-bond acceptors (Lipinski definition) is 6. The smallest absolute Gasteiger partial charge is 0.268 e. The average Bonchev–Trinajstić information content (AvgIpc) is 3.61. The fourth-order valence-electron chi connectivity index (χ4n) is 7.25. The van der Waals surface area contributed by atoms with E-state index in [4.69, 9.17) is 4.74 Å². The summed E-state index contributed by atoms with van der Waals surface area (Å²) in [4.78, 5) is 31.0. The highest BCUT2D eigenvalue weighted by atomic mass is 28.4. The van der Waals surface area contributed by atoms with Gasteiger partial charge in [0.05, 0.1) is 17.5 Å². The number of ether oxygens (including phenoxy) is 1. The molecule has 1 N–H and O–H groups in total. The zero-order valence-corrected chi connectivity index (χ0v) is 25.4. The Labute approximate surface area is 246 Å². The lowest BCUT2D eigenvalue weighted by molar-refractivity contribution is -0.145. The monoisotopic (exact) mass is 591 g/mol. The van der Waals surface area contributed by atoms with E-state index in [9.17, 15) is 14.7 Å². The lowest BCUT2D eigenvalue weighted by Crippen LogP contribution is -2.44. The maximum atomic E-state index is 16.2. The quantitative estimate of drug-likeness (QED) is 0.296. The van der Waals surface area contributed by atoms with E-state index in [0.717, 1.165) is 18.5 Å². The van der Waals surface area contributed by atoms with Crippen molar-refractivity contribution in [2.75, 3.05) is 23.0 Å². The van der Waals surface area contributed by atoms with Crippen molar-refractivity contribution in [3.8, 4) is 0 Å². The Balaban J connectivity index is 1.43. The molecule has 3 aliphatic heterocycles. The summed E-state index contributed by atoms with van der Waals surface area (Å²) in [7, 11) is -3.34. The number of carbonyl (C=O) groups is 2. The van der Waals surface area contributed by atoms with Crippen molar-refractivity contribution in [3.63, 3.8) is 0 Å². The summed E-state index contributed by atoms with van der Waals surface area (Å²) in [6.45, 7) is 6.39. The maximum Gasteiger partial charge on any atom is 0.268 e. The number of halogens is 1. The minimum absolute atomic E-state index is 0.0153. The van der Waals surface area contributed by atoms with Crippen LogP contribution >= 0.6 is 0 Å². The maximum absolute atomic E-state index is 16.2. The first-order valence-electron chi connectivity index (χ1n) is 14.9. The third-order valence-electron chi connectivity index (χ3n) is 9.10. The predicted octanol–water partition coefficient (Wildman–Crippen LogP) is 4.87. The Morgan fingerprint density at radius 2 is 1.90 bits per heavy atom. The fourth-order valence-corrected chi connectivity index (χ4v) is 9.79. The molecule has 4 atom stereocenters. The molecule has 3 aliphatic rings. The van der Waals surface area contributed by atoms with E-state index >= 15 is 4.11 Å². The van der Waals surface area contributed by atoms with Gasteiger partial charge in [-0.25, -0.2) is 0 Å². The van der Waals surface area contributed by atoms with Gasteiger partial charge in [-0.3, -0.25) is 19.2 Å². The van der Waals surface area contributed by atoms with Crippen LogP contribution in [0.4, 0.5) is 21.2 Å². The third kappa shape index (κ3) is 4.77. The van der Waals surface area contributed by atoms with Crippen molar-refractivity contribution < 1.29 is 23.5 Å². The number of para-hydroxylation sites is 1. The van der Waals surface area contributed by atoms with Gasteiger partial charge in [0.25, 0.3) is 5.91 Å². The summed E-state index contributed by atoms with van der Waals surface area (Å²) in [6, 6.07) is 15.2. The average molecular weight is 592 g/mol. The molecule has 2 amide bonds. The Morgan fingerprint density at radius 1 is 1.12 bits per heavy atom. The number of nitrogens with zero attached hydrogens (tertiary/aromatic N) is 5. The number of anilines is 3. The molecular formula is C31H38FN5O4Si. The van der Waals surface area contributed by atoms with E-state index in [0.29, 0.717) is 55.0 Å². The number of aryl methyl sites for hydroxylation is 1. The fraction of sp³-hybridized carbons (Fsp3) is 0.484. The Kier molecular flexibility index (Phi) is 7.53. The molecule has 11 heteroatoms. The number of benzene rings is 2. The number of aliphatic hydroxyl groups excluding tert-OH is 1. The lowest BCUT2D eigenvalue weighted by atomic mass is 9.82. The van der Waals surface area contributed by atoms with Gasteiger partial charge in [-0.1, -0.05) is 30.3 Å². The van der Waals surface area contributed by atoms with Gasteiger partial charge in [0, 0.05) is 67.1 Å². The Bertz CT molecular complexity index is 1480. The second-order valence-corrected chi connectivity index (χ2v) is 16.0. The molecule has 1 aromatic heterocycles. The molecule has 6 rings (SSSR count). The number of carbonyl (C=O) groups excluding carboxylic acids is 2. The van der Waals surface area contributed by atoms with Gasteiger partial charge >= 0.3 is 0 Å². The number of fused-ring (bicyclic) bond motifs is 2. The van der Waals surface area contributed by atoms with Gasteiger partial charge in [0.2, 0.25) is 14.3 Å². The van der Waals surface area contributed by atoms with Crippen LogP contribution in [0.25, 0.3) is 0 Å². The molecule has 2 aromatic carbocycles. The predicted molar refractivity (Wildman–Crippen MR) is 160 cm³/mol. The highest BCUT2D eigenvalue weighted by molar-refractivity contribution is 6.72. The van der Waals surface area contributed by atoms with Gasteiger partial charge < -0.3 is 18.9 Å². The Morgan fingerprint density at radius 3 is 2.62 bits per heavy atom. The Hall–Kier alpha value is -3.41. The molecule has 0 bridgehead atoms. The minimum atomic E-state index is -3.34. The molecule has 4 heterocycles. The van der Waals surface area contributed by atoms with Crippen LogP contribution in [0, 0.1) is 5.92 Å². The van der Waals surface area contributed by atoms with E-state index < -0.39 is 31.6 Å². The van der Waals surface area contributed by atoms with Crippen LogP contribution in [0.15, 0.2) is 54.7 Å². The summed E-state index contributed by atoms with van der Waals surface area (Å²) >= 11 is 0. The summed E-state index contributed by atoms with van der Waals surface area (Å²) in [6.07, 6.45) is 4.42. The molecule has 0 radical (unpaired) electrons. The first kappa shape index (κ1) is 28.7. The standard InChI is InChI=1S/C31H38FN5O4Si/c1-21-29(42(2,3)32)27(14-17-35-20-22(15-18-38)33-34-35)41-31(21)25-19-24(36-16-8-7-11-28(36)39)12-13-26(25)37(30(31)40)23-9-5-4-6-10-23/h4-6,9-10,12-13,19-21,27,29,38H,7-8,11,14-18H2,1-3H3/t21-,27+,29-,31+/m1/s1.